The van der Waals surface area contributed by atoms with Crippen LogP contribution in [0.2, 0.25) is 0 Å². The minimum atomic E-state index is -4.63. The first-order valence-corrected chi connectivity index (χ1v) is 9.80. The number of amides is 2. The van der Waals surface area contributed by atoms with Gasteiger partial charge in [0.2, 0.25) is 0 Å². The van der Waals surface area contributed by atoms with E-state index in [0.717, 1.165) is 12.1 Å². The standard InChI is InChI=1S/C22H18F4N4O2/c23-15-4-3-5-16(14-15)30-9-8-19(27-30)21(32)29-12-10-28(11-13-29)20(31)17-6-1-2-7-18(17)22(24,25)26/h1-9,14H,10-13H2. The van der Waals surface area contributed by atoms with Crippen LogP contribution < -0.4 is 0 Å². The van der Waals surface area contributed by atoms with Gasteiger partial charge in [0, 0.05) is 32.4 Å². The number of rotatable bonds is 3. The molecule has 0 spiro atoms. The first kappa shape index (κ1) is 21.5. The van der Waals surface area contributed by atoms with Crippen LogP contribution >= 0.6 is 0 Å². The van der Waals surface area contributed by atoms with Gasteiger partial charge >= 0.3 is 6.18 Å². The fourth-order valence-electron chi connectivity index (χ4n) is 3.56. The Morgan fingerprint density at radius 3 is 2.16 bits per heavy atom. The number of aromatic nitrogens is 2. The molecular weight excluding hydrogens is 428 g/mol. The summed E-state index contributed by atoms with van der Waals surface area (Å²) in [6, 6.07) is 11.9. The topological polar surface area (TPSA) is 58.4 Å². The normalized spacial score (nSPS) is 14.5. The van der Waals surface area contributed by atoms with Gasteiger partial charge in [-0.2, -0.15) is 18.3 Å². The first-order valence-electron chi connectivity index (χ1n) is 9.80. The lowest BCUT2D eigenvalue weighted by Gasteiger charge is -2.34. The molecule has 10 heteroatoms. The number of carbonyl (C=O) groups excluding carboxylic acids is 2. The third kappa shape index (κ3) is 4.34. The third-order valence-electron chi connectivity index (χ3n) is 5.20. The number of alkyl halides is 3. The van der Waals surface area contributed by atoms with Crippen LogP contribution in [0, 0.1) is 5.82 Å². The Morgan fingerprint density at radius 1 is 0.844 bits per heavy atom. The van der Waals surface area contributed by atoms with Gasteiger partial charge in [0.05, 0.1) is 16.8 Å². The lowest BCUT2D eigenvalue weighted by atomic mass is 10.1. The largest absolute Gasteiger partial charge is 0.417 e. The molecule has 1 aliphatic heterocycles. The van der Waals surface area contributed by atoms with Crippen LogP contribution in [-0.2, 0) is 6.18 Å². The molecule has 0 N–H and O–H groups in total. The van der Waals surface area contributed by atoms with E-state index in [1.165, 1.54) is 57.1 Å². The second-order valence-corrected chi connectivity index (χ2v) is 7.25. The van der Waals surface area contributed by atoms with Crippen LogP contribution in [0.15, 0.2) is 60.8 Å². The molecule has 2 amide bonds. The van der Waals surface area contributed by atoms with Gasteiger partial charge in [-0.25, -0.2) is 9.07 Å². The molecule has 32 heavy (non-hydrogen) atoms. The van der Waals surface area contributed by atoms with Crippen LogP contribution in [0.25, 0.3) is 5.69 Å². The number of hydrogen-bond acceptors (Lipinski definition) is 3. The fraction of sp³-hybridized carbons (Fsp3) is 0.227. The van der Waals surface area contributed by atoms with Gasteiger partial charge in [-0.3, -0.25) is 9.59 Å². The predicted molar refractivity (Wildman–Crippen MR) is 107 cm³/mol. The second kappa shape index (κ2) is 8.45. The summed E-state index contributed by atoms with van der Waals surface area (Å²) >= 11 is 0. The molecule has 1 fully saturated rings. The van der Waals surface area contributed by atoms with Crippen LogP contribution in [0.5, 0.6) is 0 Å². The van der Waals surface area contributed by atoms with E-state index in [-0.39, 0.29) is 37.8 Å². The summed E-state index contributed by atoms with van der Waals surface area (Å²) in [5, 5.41) is 4.19. The number of benzene rings is 2. The number of halogens is 4. The average Bonchev–Trinajstić information content (AvgIpc) is 3.28. The highest BCUT2D eigenvalue weighted by molar-refractivity contribution is 5.96. The van der Waals surface area contributed by atoms with Gasteiger partial charge in [0.25, 0.3) is 11.8 Å². The van der Waals surface area contributed by atoms with E-state index < -0.39 is 29.0 Å². The summed E-state index contributed by atoms with van der Waals surface area (Å²) in [5.74, 6) is -1.53. The Bertz CT molecular complexity index is 1150. The molecule has 6 nitrogen and oxygen atoms in total. The minimum Gasteiger partial charge on any atom is -0.335 e. The maximum absolute atomic E-state index is 13.4. The number of carbonyl (C=O) groups is 2. The monoisotopic (exact) mass is 446 g/mol. The van der Waals surface area contributed by atoms with Gasteiger partial charge in [0.1, 0.15) is 5.82 Å². The molecule has 0 unspecified atom stereocenters. The molecule has 1 aliphatic rings. The van der Waals surface area contributed by atoms with E-state index in [1.54, 1.807) is 6.07 Å². The maximum Gasteiger partial charge on any atom is 0.417 e. The quantitative estimate of drug-likeness (QED) is 0.578. The fourth-order valence-corrected chi connectivity index (χ4v) is 3.56. The van der Waals surface area contributed by atoms with Crippen molar-refractivity contribution >= 4 is 11.8 Å². The Morgan fingerprint density at radius 2 is 1.50 bits per heavy atom. The molecule has 0 radical (unpaired) electrons. The highest BCUT2D eigenvalue weighted by atomic mass is 19.4. The lowest BCUT2D eigenvalue weighted by Crippen LogP contribution is -2.51. The smallest absolute Gasteiger partial charge is 0.335 e. The maximum atomic E-state index is 13.4. The van der Waals surface area contributed by atoms with Crippen molar-refractivity contribution in [3.63, 3.8) is 0 Å². The first-order chi connectivity index (χ1) is 15.2. The van der Waals surface area contributed by atoms with Crippen molar-refractivity contribution in [3.05, 3.63) is 83.4 Å². The van der Waals surface area contributed by atoms with E-state index in [4.69, 9.17) is 0 Å². The van der Waals surface area contributed by atoms with E-state index in [9.17, 15) is 27.2 Å². The van der Waals surface area contributed by atoms with Crippen LogP contribution in [0.1, 0.15) is 26.4 Å². The molecule has 0 aliphatic carbocycles. The number of piperazine rings is 1. The summed E-state index contributed by atoms with van der Waals surface area (Å²) in [5.41, 5.74) is -0.778. The zero-order valence-corrected chi connectivity index (χ0v) is 16.7. The summed E-state index contributed by atoms with van der Waals surface area (Å²) in [6.07, 6.45) is -3.10. The van der Waals surface area contributed by atoms with Crippen molar-refractivity contribution in [1.82, 2.24) is 19.6 Å². The van der Waals surface area contributed by atoms with Crippen LogP contribution in [0.4, 0.5) is 17.6 Å². The molecule has 4 rings (SSSR count). The zero-order valence-electron chi connectivity index (χ0n) is 16.7. The SMILES string of the molecule is O=C(c1ccn(-c2cccc(F)c2)n1)N1CCN(C(=O)c2ccccc2C(F)(F)F)CC1. The predicted octanol–water partition coefficient (Wildman–Crippen LogP) is 3.63. The minimum absolute atomic E-state index is 0.0986. The Labute approximate surface area is 180 Å². The van der Waals surface area contributed by atoms with Gasteiger partial charge < -0.3 is 9.80 Å². The van der Waals surface area contributed by atoms with Gasteiger partial charge in [-0.05, 0) is 36.4 Å². The molecular formula is C22H18F4N4O2. The zero-order chi connectivity index (χ0) is 22.9. The van der Waals surface area contributed by atoms with E-state index in [1.807, 2.05) is 0 Å². The van der Waals surface area contributed by atoms with E-state index >= 15 is 0 Å². The molecule has 3 aromatic rings. The van der Waals surface area contributed by atoms with Gasteiger partial charge in [-0.1, -0.05) is 18.2 Å². The molecule has 0 bridgehead atoms. The van der Waals surface area contributed by atoms with Gasteiger partial charge in [0.15, 0.2) is 5.69 Å². The van der Waals surface area contributed by atoms with E-state index in [0.29, 0.717) is 5.69 Å². The summed E-state index contributed by atoms with van der Waals surface area (Å²) in [7, 11) is 0. The van der Waals surface area contributed by atoms with Crippen molar-refractivity contribution in [2.45, 2.75) is 6.18 Å². The summed E-state index contributed by atoms with van der Waals surface area (Å²) in [6.45, 7) is 0.514. The van der Waals surface area contributed by atoms with E-state index in [2.05, 4.69) is 5.10 Å². The van der Waals surface area contributed by atoms with Crippen molar-refractivity contribution in [2.24, 2.45) is 0 Å². The molecule has 1 saturated heterocycles. The molecule has 2 heterocycles. The number of nitrogens with zero attached hydrogens (tertiary/aromatic N) is 4. The summed E-state index contributed by atoms with van der Waals surface area (Å²) < 4.78 is 54.5. The van der Waals surface area contributed by atoms with Crippen molar-refractivity contribution < 1.29 is 27.2 Å². The van der Waals surface area contributed by atoms with Crippen LogP contribution in [0.3, 0.4) is 0 Å². The third-order valence-corrected chi connectivity index (χ3v) is 5.20. The molecule has 0 saturated carbocycles. The van der Waals surface area contributed by atoms with Crippen molar-refractivity contribution in [3.8, 4) is 5.69 Å². The number of hydrogen-bond donors (Lipinski definition) is 0. The Kier molecular flexibility index (Phi) is 5.68. The Balaban J connectivity index is 1.42. The van der Waals surface area contributed by atoms with Gasteiger partial charge in [-0.15, -0.1) is 0 Å². The van der Waals surface area contributed by atoms with Crippen LogP contribution in [-0.4, -0.2) is 57.6 Å². The highest BCUT2D eigenvalue weighted by Crippen LogP contribution is 2.32. The Hall–Kier alpha value is -3.69. The highest BCUT2D eigenvalue weighted by Gasteiger charge is 2.36. The summed E-state index contributed by atoms with van der Waals surface area (Å²) in [4.78, 5) is 28.2. The van der Waals surface area contributed by atoms with Crippen molar-refractivity contribution in [1.29, 1.82) is 0 Å². The molecule has 0 atom stereocenters. The second-order valence-electron chi connectivity index (χ2n) is 7.25. The average molecular weight is 446 g/mol. The van der Waals surface area contributed by atoms with Crippen molar-refractivity contribution in [2.75, 3.05) is 26.2 Å². The lowest BCUT2D eigenvalue weighted by molar-refractivity contribution is -0.138. The molecule has 1 aromatic heterocycles. The molecule has 2 aromatic carbocycles. The molecule has 166 valence electrons.